The number of nitrogens with zero attached hydrogens (tertiary/aromatic N) is 2. The smallest absolute Gasteiger partial charge is 0.321 e. The summed E-state index contributed by atoms with van der Waals surface area (Å²) >= 11 is 8.78. The van der Waals surface area contributed by atoms with Gasteiger partial charge in [0, 0.05) is 11.4 Å². The number of halogens is 1. The van der Waals surface area contributed by atoms with Gasteiger partial charge in [0.05, 0.1) is 23.6 Å². The van der Waals surface area contributed by atoms with Crippen LogP contribution in [0.25, 0.3) is 6.08 Å². The molecule has 0 spiro atoms. The first-order valence-electron chi connectivity index (χ1n) is 9.65. The Morgan fingerprint density at radius 3 is 2.81 bits per heavy atom. The van der Waals surface area contributed by atoms with Crippen molar-refractivity contribution in [3.63, 3.8) is 0 Å². The third-order valence-corrected chi connectivity index (χ3v) is 6.22. The number of ether oxygens (including phenoxy) is 1. The summed E-state index contributed by atoms with van der Waals surface area (Å²) in [6, 6.07) is 8.14. The van der Waals surface area contributed by atoms with Gasteiger partial charge >= 0.3 is 6.03 Å². The molecule has 32 heavy (non-hydrogen) atoms. The van der Waals surface area contributed by atoms with Crippen molar-refractivity contribution >= 4 is 69.5 Å². The first-order chi connectivity index (χ1) is 15.4. The van der Waals surface area contributed by atoms with Crippen LogP contribution in [0.4, 0.5) is 10.5 Å². The van der Waals surface area contributed by atoms with Crippen LogP contribution < -0.4 is 20.3 Å². The van der Waals surface area contributed by atoms with Gasteiger partial charge in [-0.2, -0.15) is 0 Å². The number of anilines is 1. The maximum atomic E-state index is 13.1. The molecule has 1 aliphatic rings. The van der Waals surface area contributed by atoms with Crippen molar-refractivity contribution in [3.8, 4) is 5.75 Å². The van der Waals surface area contributed by atoms with Crippen LogP contribution in [0.3, 0.4) is 0 Å². The van der Waals surface area contributed by atoms with E-state index in [-0.39, 0.29) is 17.4 Å². The highest BCUT2D eigenvalue weighted by Crippen LogP contribution is 2.34. The van der Waals surface area contributed by atoms with E-state index >= 15 is 0 Å². The van der Waals surface area contributed by atoms with Gasteiger partial charge < -0.3 is 10.1 Å². The van der Waals surface area contributed by atoms with Gasteiger partial charge in [0.15, 0.2) is 5.17 Å². The number of carbonyl (C=O) groups excluding carboxylic acids is 3. The summed E-state index contributed by atoms with van der Waals surface area (Å²) in [7, 11) is 1.50. The number of amides is 4. The molecule has 0 saturated carbocycles. The third-order valence-electron chi connectivity index (χ3n) is 4.17. The van der Waals surface area contributed by atoms with E-state index in [9.17, 15) is 14.4 Å². The van der Waals surface area contributed by atoms with E-state index in [0.29, 0.717) is 28.2 Å². The minimum absolute atomic E-state index is 0.0989. The molecule has 8 nitrogen and oxygen atoms in total. The number of carbonyl (C=O) groups is 3. The molecule has 0 aliphatic carbocycles. The molecule has 11 heteroatoms. The van der Waals surface area contributed by atoms with Crippen molar-refractivity contribution in [3.05, 3.63) is 51.3 Å². The average Bonchev–Trinajstić information content (AvgIpc) is 3.39. The minimum atomic E-state index is -0.557. The maximum Gasteiger partial charge on any atom is 0.321 e. The number of thiophene rings is 1. The number of hydrogen-bond acceptors (Lipinski definition) is 7. The van der Waals surface area contributed by atoms with Crippen molar-refractivity contribution in [2.24, 2.45) is 4.99 Å². The molecule has 2 aromatic rings. The van der Waals surface area contributed by atoms with Gasteiger partial charge in [0.25, 0.3) is 5.91 Å². The summed E-state index contributed by atoms with van der Waals surface area (Å²) in [4.78, 5) is 43.7. The van der Waals surface area contributed by atoms with E-state index in [4.69, 9.17) is 16.3 Å². The van der Waals surface area contributed by atoms with Gasteiger partial charge in [-0.3, -0.25) is 19.8 Å². The molecule has 1 aromatic heterocycles. The Hall–Kier alpha value is -2.82. The zero-order valence-corrected chi connectivity index (χ0v) is 19.8. The zero-order valence-electron chi connectivity index (χ0n) is 17.4. The molecule has 2 heterocycles. The van der Waals surface area contributed by atoms with Crippen LogP contribution in [0, 0.1) is 0 Å². The zero-order chi connectivity index (χ0) is 23.1. The van der Waals surface area contributed by atoms with Gasteiger partial charge in [-0.1, -0.05) is 36.4 Å². The lowest BCUT2D eigenvalue weighted by atomic mass is 10.2. The molecule has 4 amide bonds. The number of urea groups is 1. The maximum absolute atomic E-state index is 13.1. The Morgan fingerprint density at radius 2 is 2.16 bits per heavy atom. The van der Waals surface area contributed by atoms with Crippen LogP contribution in [-0.4, -0.2) is 42.4 Å². The first-order valence-corrected chi connectivity index (χ1v) is 11.9. The van der Waals surface area contributed by atoms with Crippen LogP contribution in [0.5, 0.6) is 5.75 Å². The number of aliphatic imine (C=N–C) groups is 1. The van der Waals surface area contributed by atoms with E-state index in [1.54, 1.807) is 24.3 Å². The second-order valence-corrected chi connectivity index (χ2v) is 8.82. The van der Waals surface area contributed by atoms with Crippen molar-refractivity contribution in [2.45, 2.75) is 13.3 Å². The van der Waals surface area contributed by atoms with E-state index in [2.05, 4.69) is 15.6 Å². The number of imide groups is 1. The molecule has 168 valence electrons. The molecule has 3 rings (SSSR count). The number of rotatable bonds is 7. The lowest BCUT2D eigenvalue weighted by molar-refractivity contribution is -0.117. The fraction of sp³-hybridized carbons (Fsp3) is 0.238. The van der Waals surface area contributed by atoms with E-state index in [1.165, 1.54) is 23.3 Å². The largest absolute Gasteiger partial charge is 0.495 e. The number of hydrogen-bond donors (Lipinski definition) is 2. The average molecular weight is 493 g/mol. The normalized spacial score (nSPS) is 14.5. The summed E-state index contributed by atoms with van der Waals surface area (Å²) < 4.78 is 5.18. The topological polar surface area (TPSA) is 100 Å². The molecule has 0 fully saturated rings. The number of nitrogens with one attached hydrogen (secondary N) is 2. The van der Waals surface area contributed by atoms with Crippen LogP contribution in [-0.2, 0) is 9.59 Å². The van der Waals surface area contributed by atoms with Crippen molar-refractivity contribution in [1.82, 2.24) is 10.6 Å². The Morgan fingerprint density at radius 1 is 1.34 bits per heavy atom. The lowest BCUT2D eigenvalue weighted by Gasteiger charge is -2.18. The quantitative estimate of drug-likeness (QED) is 0.566. The predicted molar refractivity (Wildman–Crippen MR) is 130 cm³/mol. The van der Waals surface area contributed by atoms with Gasteiger partial charge in [0.1, 0.15) is 11.4 Å². The molecule has 1 aliphatic heterocycles. The molecule has 0 saturated heterocycles. The molecular formula is C21H21ClN4O4S2. The highest BCUT2D eigenvalue weighted by Gasteiger charge is 2.33. The summed E-state index contributed by atoms with van der Waals surface area (Å²) in [5.74, 6) is -0.469. The first kappa shape index (κ1) is 23.8. The minimum Gasteiger partial charge on any atom is -0.495 e. The molecule has 0 atom stereocenters. The SMILES string of the molecule is CCCNC(=O)NC(=O)CSC1=N/C(=C\c2cccs2)C(=O)N1c1ccc(OC)c(Cl)c1. The Kier molecular flexibility index (Phi) is 8.32. The summed E-state index contributed by atoms with van der Waals surface area (Å²) in [5, 5.41) is 7.38. The standard InChI is InChI=1S/C21H21ClN4O4S2/c1-3-8-23-20(29)25-18(27)12-32-21-24-16(11-14-5-4-9-31-14)19(28)26(21)13-6-7-17(30-2)15(22)10-13/h4-7,9-11H,3,8,12H2,1-2H3,(H2,23,25,27,29)/b16-11-. The molecule has 2 N–H and O–H groups in total. The molecule has 0 radical (unpaired) electrons. The monoisotopic (exact) mass is 492 g/mol. The fourth-order valence-electron chi connectivity index (χ4n) is 2.70. The highest BCUT2D eigenvalue weighted by atomic mass is 35.5. The number of amidine groups is 1. The van der Waals surface area contributed by atoms with E-state index < -0.39 is 11.9 Å². The summed E-state index contributed by atoms with van der Waals surface area (Å²) in [5.41, 5.74) is 0.728. The fourth-order valence-corrected chi connectivity index (χ4v) is 4.41. The Balaban J connectivity index is 1.81. The molecule has 0 unspecified atom stereocenters. The van der Waals surface area contributed by atoms with Crippen LogP contribution in [0.15, 0.2) is 46.4 Å². The van der Waals surface area contributed by atoms with Crippen LogP contribution in [0.2, 0.25) is 5.02 Å². The Labute approximate surface area is 198 Å². The number of methoxy groups -OCH3 is 1. The summed E-state index contributed by atoms with van der Waals surface area (Å²) in [6.07, 6.45) is 2.45. The second kappa shape index (κ2) is 11.2. The second-order valence-electron chi connectivity index (χ2n) is 6.49. The molecule has 1 aromatic carbocycles. The van der Waals surface area contributed by atoms with Gasteiger partial charge in [-0.25, -0.2) is 9.79 Å². The van der Waals surface area contributed by atoms with Crippen molar-refractivity contribution in [2.75, 3.05) is 24.3 Å². The Bertz CT molecular complexity index is 1070. The van der Waals surface area contributed by atoms with Crippen LogP contribution >= 0.6 is 34.7 Å². The van der Waals surface area contributed by atoms with Crippen LogP contribution in [0.1, 0.15) is 18.2 Å². The number of thioether (sulfide) groups is 1. The molecular weight excluding hydrogens is 472 g/mol. The lowest BCUT2D eigenvalue weighted by Crippen LogP contribution is -2.41. The molecule has 0 bridgehead atoms. The van der Waals surface area contributed by atoms with Gasteiger partial charge in [-0.05, 0) is 42.1 Å². The van der Waals surface area contributed by atoms with E-state index in [1.807, 2.05) is 24.4 Å². The van der Waals surface area contributed by atoms with Crippen molar-refractivity contribution in [1.29, 1.82) is 0 Å². The van der Waals surface area contributed by atoms with E-state index in [0.717, 1.165) is 23.1 Å². The summed E-state index contributed by atoms with van der Waals surface area (Å²) in [6.45, 7) is 2.38. The third kappa shape index (κ3) is 5.90. The highest BCUT2D eigenvalue weighted by molar-refractivity contribution is 8.14. The number of benzene rings is 1. The van der Waals surface area contributed by atoms with Gasteiger partial charge in [-0.15, -0.1) is 11.3 Å². The van der Waals surface area contributed by atoms with Gasteiger partial charge in [0.2, 0.25) is 5.91 Å². The van der Waals surface area contributed by atoms with Crippen molar-refractivity contribution < 1.29 is 19.1 Å². The predicted octanol–water partition coefficient (Wildman–Crippen LogP) is 4.12.